The van der Waals surface area contributed by atoms with Crippen molar-refractivity contribution in [2.75, 3.05) is 19.8 Å². The van der Waals surface area contributed by atoms with Crippen molar-refractivity contribution in [2.24, 2.45) is 0 Å². The van der Waals surface area contributed by atoms with E-state index >= 15 is 0 Å². The van der Waals surface area contributed by atoms with E-state index in [0.717, 1.165) is 12.5 Å². The fourth-order valence-electron chi connectivity index (χ4n) is 2.51. The molecule has 3 nitrogen and oxygen atoms in total. The van der Waals surface area contributed by atoms with Gasteiger partial charge in [-0.25, -0.2) is 8.78 Å². The zero-order chi connectivity index (χ0) is 12.8. The summed E-state index contributed by atoms with van der Waals surface area (Å²) in [5.41, 5.74) is -0.0387. The molecule has 0 aromatic heterocycles. The molecular formula is C13H13F2NO2. The molecule has 1 aromatic rings. The number of ether oxygens (including phenoxy) is 1. The summed E-state index contributed by atoms with van der Waals surface area (Å²) >= 11 is 0. The van der Waals surface area contributed by atoms with E-state index in [1.807, 2.05) is 0 Å². The smallest absolute Gasteiger partial charge is 0.227 e. The standard InChI is InChI=1S/C13H13F2NO2/c14-10-3-1-2-9(12(10)15)6-11(17)16-5-4-13(16)7-18-8-13/h1-3H,4-8H2. The fraction of sp³-hybridized carbons (Fsp3) is 0.462. The molecule has 1 spiro atoms. The highest BCUT2D eigenvalue weighted by molar-refractivity contribution is 5.80. The van der Waals surface area contributed by atoms with Crippen molar-refractivity contribution in [1.82, 2.24) is 4.90 Å². The van der Waals surface area contributed by atoms with Gasteiger partial charge in [0.1, 0.15) is 0 Å². The van der Waals surface area contributed by atoms with E-state index < -0.39 is 11.6 Å². The van der Waals surface area contributed by atoms with Crippen molar-refractivity contribution in [3.8, 4) is 0 Å². The molecule has 96 valence electrons. The quantitative estimate of drug-likeness (QED) is 0.799. The van der Waals surface area contributed by atoms with Gasteiger partial charge in [-0.3, -0.25) is 4.79 Å². The van der Waals surface area contributed by atoms with Gasteiger partial charge in [-0.1, -0.05) is 12.1 Å². The summed E-state index contributed by atoms with van der Waals surface area (Å²) in [5, 5.41) is 0. The van der Waals surface area contributed by atoms with Gasteiger partial charge < -0.3 is 9.64 Å². The van der Waals surface area contributed by atoms with Gasteiger partial charge in [-0.05, 0) is 12.5 Å². The molecule has 2 heterocycles. The Labute approximate surface area is 103 Å². The van der Waals surface area contributed by atoms with Crippen LogP contribution in [0.15, 0.2) is 18.2 Å². The maximum absolute atomic E-state index is 13.5. The minimum atomic E-state index is -0.926. The van der Waals surface area contributed by atoms with Gasteiger partial charge in [0, 0.05) is 12.1 Å². The van der Waals surface area contributed by atoms with Crippen LogP contribution in [-0.4, -0.2) is 36.1 Å². The lowest BCUT2D eigenvalue weighted by Gasteiger charge is -2.57. The van der Waals surface area contributed by atoms with Crippen molar-refractivity contribution in [3.63, 3.8) is 0 Å². The largest absolute Gasteiger partial charge is 0.376 e. The van der Waals surface area contributed by atoms with E-state index in [0.29, 0.717) is 19.8 Å². The Bertz CT molecular complexity index is 494. The molecule has 3 rings (SSSR count). The summed E-state index contributed by atoms with van der Waals surface area (Å²) in [4.78, 5) is 13.8. The minimum Gasteiger partial charge on any atom is -0.376 e. The number of benzene rings is 1. The van der Waals surface area contributed by atoms with Crippen LogP contribution in [0, 0.1) is 11.6 Å². The second-order valence-electron chi connectivity index (χ2n) is 4.90. The van der Waals surface area contributed by atoms with E-state index in [9.17, 15) is 13.6 Å². The first-order valence-electron chi connectivity index (χ1n) is 5.93. The lowest BCUT2D eigenvalue weighted by Crippen LogP contribution is -2.72. The zero-order valence-corrected chi connectivity index (χ0v) is 9.79. The highest BCUT2D eigenvalue weighted by Crippen LogP contribution is 2.37. The molecule has 0 N–H and O–H groups in total. The Hall–Kier alpha value is -1.49. The summed E-state index contributed by atoms with van der Waals surface area (Å²) in [5.74, 6) is -2.00. The van der Waals surface area contributed by atoms with E-state index in [4.69, 9.17) is 4.74 Å². The summed E-state index contributed by atoms with van der Waals surface area (Å²) in [6.07, 6.45) is 0.843. The lowest BCUT2D eigenvalue weighted by atomic mass is 9.82. The number of halogens is 2. The van der Waals surface area contributed by atoms with Crippen molar-refractivity contribution in [3.05, 3.63) is 35.4 Å². The predicted octanol–water partition coefficient (Wildman–Crippen LogP) is 1.51. The second kappa shape index (κ2) is 4.02. The summed E-state index contributed by atoms with van der Waals surface area (Å²) < 4.78 is 31.6. The number of carbonyl (C=O) groups excluding carboxylic acids is 1. The Morgan fingerprint density at radius 3 is 2.72 bits per heavy atom. The third-order valence-electron chi connectivity index (χ3n) is 3.79. The zero-order valence-electron chi connectivity index (χ0n) is 9.79. The number of rotatable bonds is 2. The number of nitrogens with zero attached hydrogens (tertiary/aromatic N) is 1. The van der Waals surface area contributed by atoms with E-state index in [2.05, 4.69) is 0 Å². The van der Waals surface area contributed by atoms with Crippen LogP contribution in [0.2, 0.25) is 0 Å². The van der Waals surface area contributed by atoms with E-state index in [-0.39, 0.29) is 23.4 Å². The molecule has 2 aliphatic heterocycles. The van der Waals surface area contributed by atoms with Crippen LogP contribution < -0.4 is 0 Å². The van der Waals surface area contributed by atoms with Crippen LogP contribution in [0.1, 0.15) is 12.0 Å². The maximum atomic E-state index is 13.5. The van der Waals surface area contributed by atoms with Crippen LogP contribution in [0.5, 0.6) is 0 Å². The molecule has 2 fully saturated rings. The highest BCUT2D eigenvalue weighted by Gasteiger charge is 2.52. The van der Waals surface area contributed by atoms with E-state index in [1.165, 1.54) is 12.1 Å². The number of hydrogen-bond acceptors (Lipinski definition) is 2. The van der Waals surface area contributed by atoms with Crippen molar-refractivity contribution in [2.45, 2.75) is 18.4 Å². The topological polar surface area (TPSA) is 29.5 Å². The van der Waals surface area contributed by atoms with Gasteiger partial charge >= 0.3 is 0 Å². The molecule has 2 aliphatic rings. The molecule has 1 aromatic carbocycles. The van der Waals surface area contributed by atoms with Gasteiger partial charge in [0.15, 0.2) is 11.6 Å². The SMILES string of the molecule is O=C(Cc1cccc(F)c1F)N1CCC12COC2. The first-order valence-corrected chi connectivity index (χ1v) is 5.93. The fourth-order valence-corrected chi connectivity index (χ4v) is 2.51. The third-order valence-corrected chi connectivity index (χ3v) is 3.79. The summed E-state index contributed by atoms with van der Waals surface area (Å²) in [7, 11) is 0. The van der Waals surface area contributed by atoms with Crippen LogP contribution in [0.4, 0.5) is 8.78 Å². The second-order valence-corrected chi connectivity index (χ2v) is 4.90. The third kappa shape index (κ3) is 1.61. The van der Waals surface area contributed by atoms with Crippen LogP contribution in [0.3, 0.4) is 0 Å². The lowest BCUT2D eigenvalue weighted by molar-refractivity contribution is -0.199. The summed E-state index contributed by atoms with van der Waals surface area (Å²) in [6.45, 7) is 1.80. The molecule has 0 radical (unpaired) electrons. The predicted molar refractivity (Wildman–Crippen MR) is 59.9 cm³/mol. The van der Waals surface area contributed by atoms with Crippen LogP contribution >= 0.6 is 0 Å². The number of likely N-dealkylation sites (tertiary alicyclic amines) is 1. The summed E-state index contributed by atoms with van der Waals surface area (Å²) in [6, 6.07) is 3.91. The van der Waals surface area contributed by atoms with Crippen molar-refractivity contribution in [1.29, 1.82) is 0 Å². The first kappa shape index (κ1) is 11.6. The van der Waals surface area contributed by atoms with Gasteiger partial charge in [-0.2, -0.15) is 0 Å². The van der Waals surface area contributed by atoms with Crippen LogP contribution in [0.25, 0.3) is 0 Å². The molecule has 0 bridgehead atoms. The van der Waals surface area contributed by atoms with Gasteiger partial charge in [0.25, 0.3) is 0 Å². The first-order chi connectivity index (χ1) is 8.62. The molecule has 0 atom stereocenters. The maximum Gasteiger partial charge on any atom is 0.227 e. The molecule has 2 saturated heterocycles. The Morgan fingerprint density at radius 1 is 1.39 bits per heavy atom. The molecule has 18 heavy (non-hydrogen) atoms. The van der Waals surface area contributed by atoms with Gasteiger partial charge in [0.2, 0.25) is 5.91 Å². The Kier molecular flexibility index (Phi) is 2.59. The molecule has 0 aliphatic carbocycles. The number of carbonyl (C=O) groups is 1. The average Bonchev–Trinajstić information content (AvgIpc) is 2.21. The monoisotopic (exact) mass is 253 g/mol. The van der Waals surface area contributed by atoms with Crippen molar-refractivity contribution >= 4 is 5.91 Å². The molecular weight excluding hydrogens is 240 g/mol. The molecule has 0 unspecified atom stereocenters. The van der Waals surface area contributed by atoms with Gasteiger partial charge in [-0.15, -0.1) is 0 Å². The average molecular weight is 253 g/mol. The molecule has 1 amide bonds. The van der Waals surface area contributed by atoms with Crippen LogP contribution in [-0.2, 0) is 16.0 Å². The Morgan fingerprint density at radius 2 is 2.17 bits per heavy atom. The van der Waals surface area contributed by atoms with Gasteiger partial charge in [0.05, 0.1) is 25.2 Å². The Balaban J connectivity index is 1.73. The molecule has 5 heteroatoms. The number of amides is 1. The number of hydrogen-bond donors (Lipinski definition) is 0. The highest BCUT2D eigenvalue weighted by atomic mass is 19.2. The minimum absolute atomic E-state index is 0.0919. The van der Waals surface area contributed by atoms with Crippen molar-refractivity contribution < 1.29 is 18.3 Å². The van der Waals surface area contributed by atoms with E-state index in [1.54, 1.807) is 4.90 Å². The normalized spacial score (nSPS) is 20.4. The molecule has 0 saturated carbocycles.